The van der Waals surface area contributed by atoms with Gasteiger partial charge in [-0.15, -0.1) is 0 Å². The third kappa shape index (κ3) is 4.70. The quantitative estimate of drug-likeness (QED) is 0.685. The van der Waals surface area contributed by atoms with Gasteiger partial charge >= 0.3 is 0 Å². The van der Waals surface area contributed by atoms with Gasteiger partial charge in [0, 0.05) is 31.1 Å². The van der Waals surface area contributed by atoms with Crippen molar-refractivity contribution in [3.63, 3.8) is 0 Å². The normalized spacial score (nSPS) is 23.4. The van der Waals surface area contributed by atoms with E-state index in [9.17, 15) is 13.2 Å². The van der Waals surface area contributed by atoms with Crippen LogP contribution < -0.4 is 10.6 Å². The van der Waals surface area contributed by atoms with Gasteiger partial charge in [-0.05, 0) is 24.6 Å². The molecule has 1 aromatic carbocycles. The van der Waals surface area contributed by atoms with Crippen LogP contribution in [0.3, 0.4) is 0 Å². The Morgan fingerprint density at radius 3 is 2.96 bits per heavy atom. The maximum absolute atomic E-state index is 12.2. The highest BCUT2D eigenvalue weighted by Gasteiger charge is 2.42. The molecule has 0 aromatic heterocycles. The number of nitrogens with zero attached hydrogens (tertiary/aromatic N) is 1. The van der Waals surface area contributed by atoms with E-state index in [1.807, 2.05) is 0 Å². The van der Waals surface area contributed by atoms with Crippen LogP contribution in [0.5, 0.6) is 0 Å². The number of methoxy groups -OCH3 is 1. The molecule has 3 rings (SSSR count). The molecule has 1 aromatic rings. The molecule has 2 aliphatic rings. The molecule has 0 spiro atoms. The van der Waals surface area contributed by atoms with E-state index in [2.05, 4.69) is 15.6 Å². The van der Waals surface area contributed by atoms with Gasteiger partial charge in [-0.1, -0.05) is 23.4 Å². The number of anilines is 1. The number of ether oxygens (including phenoxy) is 1. The van der Waals surface area contributed by atoms with E-state index < -0.39 is 9.84 Å². The van der Waals surface area contributed by atoms with E-state index in [4.69, 9.17) is 16.3 Å². The van der Waals surface area contributed by atoms with Crippen LogP contribution in [0, 0.1) is 0 Å². The summed E-state index contributed by atoms with van der Waals surface area (Å²) in [4.78, 5) is 16.7. The second-order valence-corrected chi connectivity index (χ2v) is 9.95. The Morgan fingerprint density at radius 2 is 2.23 bits per heavy atom. The van der Waals surface area contributed by atoms with Gasteiger partial charge in [-0.2, -0.15) is 0 Å². The highest BCUT2D eigenvalue weighted by Crippen LogP contribution is 2.35. The van der Waals surface area contributed by atoms with Crippen LogP contribution in [0.25, 0.3) is 0 Å². The standard InChI is InChI=1S/C16H20ClN3O4S2/c1-24-6-2-5-18-15(21)10-3-4-11(17)12(7-10)19-16-20-13-8-26(22,23)9-14(13)25-16/h3-4,7,13-14H,2,5-6,8-9H2,1H3,(H,18,21)(H,19,20)/t13-,14+/m1/s1. The third-order valence-corrected chi connectivity index (χ3v) is 7.57. The average Bonchev–Trinajstić information content (AvgIpc) is 3.06. The van der Waals surface area contributed by atoms with Gasteiger partial charge in [0.2, 0.25) is 0 Å². The van der Waals surface area contributed by atoms with Gasteiger partial charge in [-0.25, -0.2) is 8.42 Å². The third-order valence-electron chi connectivity index (χ3n) is 4.10. The first-order valence-corrected chi connectivity index (χ1v) is 11.2. The molecule has 0 bridgehead atoms. The Labute approximate surface area is 161 Å². The average molecular weight is 418 g/mol. The molecule has 10 heteroatoms. The molecule has 1 saturated heterocycles. The first-order chi connectivity index (χ1) is 12.4. The fourth-order valence-electron chi connectivity index (χ4n) is 2.81. The summed E-state index contributed by atoms with van der Waals surface area (Å²) in [5.41, 5.74) is 1.06. The molecule has 0 saturated carbocycles. The van der Waals surface area contributed by atoms with Crippen molar-refractivity contribution in [1.82, 2.24) is 5.32 Å². The van der Waals surface area contributed by atoms with Gasteiger partial charge in [-0.3, -0.25) is 9.79 Å². The van der Waals surface area contributed by atoms with Crippen molar-refractivity contribution in [1.29, 1.82) is 0 Å². The summed E-state index contributed by atoms with van der Waals surface area (Å²) in [6.45, 7) is 1.11. The molecule has 1 fully saturated rings. The topological polar surface area (TPSA) is 96.9 Å². The highest BCUT2D eigenvalue weighted by molar-refractivity contribution is 8.15. The molecule has 26 heavy (non-hydrogen) atoms. The zero-order valence-corrected chi connectivity index (χ0v) is 16.6. The minimum atomic E-state index is -2.98. The lowest BCUT2D eigenvalue weighted by Gasteiger charge is -2.11. The number of hydrogen-bond donors (Lipinski definition) is 2. The molecule has 7 nitrogen and oxygen atoms in total. The second-order valence-electron chi connectivity index (χ2n) is 6.16. The number of nitrogens with one attached hydrogen (secondary N) is 2. The highest BCUT2D eigenvalue weighted by atomic mass is 35.5. The lowest BCUT2D eigenvalue weighted by molar-refractivity contribution is 0.0948. The lowest BCUT2D eigenvalue weighted by Crippen LogP contribution is -2.25. The van der Waals surface area contributed by atoms with Crippen molar-refractivity contribution in [2.24, 2.45) is 4.99 Å². The molecular weight excluding hydrogens is 398 g/mol. The molecule has 2 N–H and O–H groups in total. The van der Waals surface area contributed by atoms with Gasteiger partial charge in [0.1, 0.15) is 0 Å². The molecule has 2 atom stereocenters. The summed E-state index contributed by atoms with van der Waals surface area (Å²) < 4.78 is 28.2. The number of carbonyl (C=O) groups is 1. The largest absolute Gasteiger partial charge is 0.385 e. The Bertz CT molecular complexity index is 829. The Hall–Kier alpha value is -1.29. The predicted octanol–water partition coefficient (Wildman–Crippen LogP) is 1.79. The number of fused-ring (bicyclic) bond motifs is 1. The first kappa shape index (κ1) is 19.5. The number of hydrogen-bond acceptors (Lipinski definition) is 7. The monoisotopic (exact) mass is 417 g/mol. The van der Waals surface area contributed by atoms with E-state index in [1.165, 1.54) is 11.8 Å². The number of amidine groups is 1. The Morgan fingerprint density at radius 1 is 1.42 bits per heavy atom. The summed E-state index contributed by atoms with van der Waals surface area (Å²) in [5, 5.41) is 7.00. The van der Waals surface area contributed by atoms with Crippen LogP contribution in [0.2, 0.25) is 5.02 Å². The molecule has 0 unspecified atom stereocenters. The summed E-state index contributed by atoms with van der Waals surface area (Å²) in [6, 6.07) is 4.77. The van der Waals surface area contributed by atoms with Crippen LogP contribution in [0.4, 0.5) is 5.69 Å². The maximum atomic E-state index is 12.2. The zero-order valence-electron chi connectivity index (χ0n) is 14.2. The summed E-state index contributed by atoms with van der Waals surface area (Å²) >= 11 is 7.63. The molecule has 0 radical (unpaired) electrons. The number of carbonyl (C=O) groups excluding carboxylic acids is 1. The summed E-state index contributed by atoms with van der Waals surface area (Å²) in [6.07, 6.45) is 0.736. The van der Waals surface area contributed by atoms with Crippen LogP contribution >= 0.6 is 23.4 Å². The lowest BCUT2D eigenvalue weighted by atomic mass is 10.2. The van der Waals surface area contributed by atoms with Crippen LogP contribution in [0.1, 0.15) is 16.8 Å². The van der Waals surface area contributed by atoms with Crippen LogP contribution in [-0.2, 0) is 14.6 Å². The maximum Gasteiger partial charge on any atom is 0.251 e. The minimum Gasteiger partial charge on any atom is -0.385 e. The molecule has 2 heterocycles. The van der Waals surface area contributed by atoms with E-state index in [0.717, 1.165) is 6.42 Å². The van der Waals surface area contributed by atoms with Gasteiger partial charge < -0.3 is 15.4 Å². The van der Waals surface area contributed by atoms with Crippen molar-refractivity contribution in [2.45, 2.75) is 17.7 Å². The van der Waals surface area contributed by atoms with E-state index in [0.29, 0.717) is 34.6 Å². The fourth-order valence-corrected chi connectivity index (χ4v) is 6.65. The number of rotatable bonds is 6. The molecule has 1 amide bonds. The van der Waals surface area contributed by atoms with Gasteiger partial charge in [0.05, 0.1) is 28.3 Å². The van der Waals surface area contributed by atoms with Gasteiger partial charge in [0.25, 0.3) is 5.91 Å². The SMILES string of the molecule is COCCCNC(=O)c1ccc(Cl)c(NC2=N[C@@H]3CS(=O)(=O)C[C@@H]3S2)c1. The summed E-state index contributed by atoms with van der Waals surface area (Å²) in [7, 11) is -1.37. The predicted molar refractivity (Wildman–Crippen MR) is 105 cm³/mol. The zero-order chi connectivity index (χ0) is 18.7. The Kier molecular flexibility index (Phi) is 6.11. The van der Waals surface area contributed by atoms with Crippen LogP contribution in [0.15, 0.2) is 23.2 Å². The van der Waals surface area contributed by atoms with Crippen molar-refractivity contribution in [2.75, 3.05) is 37.1 Å². The minimum absolute atomic E-state index is 0.0476. The number of halogens is 1. The number of benzene rings is 1. The van der Waals surface area contributed by atoms with Crippen molar-refractivity contribution in [3.05, 3.63) is 28.8 Å². The Balaban J connectivity index is 1.65. The van der Waals surface area contributed by atoms with E-state index >= 15 is 0 Å². The molecule has 2 aliphatic heterocycles. The smallest absolute Gasteiger partial charge is 0.251 e. The summed E-state index contributed by atoms with van der Waals surface area (Å²) in [5.74, 6) is 0.0483. The number of amides is 1. The van der Waals surface area contributed by atoms with Crippen molar-refractivity contribution < 1.29 is 17.9 Å². The molecule has 0 aliphatic carbocycles. The van der Waals surface area contributed by atoms with E-state index in [1.54, 1.807) is 25.3 Å². The van der Waals surface area contributed by atoms with Crippen molar-refractivity contribution in [3.8, 4) is 0 Å². The van der Waals surface area contributed by atoms with Crippen molar-refractivity contribution >= 4 is 50.0 Å². The van der Waals surface area contributed by atoms with Gasteiger partial charge in [0.15, 0.2) is 15.0 Å². The van der Waals surface area contributed by atoms with Crippen LogP contribution in [-0.4, -0.2) is 62.6 Å². The molecule has 142 valence electrons. The number of thioether (sulfide) groups is 1. The number of sulfone groups is 1. The number of aliphatic imine (C=N–C) groups is 1. The molecular formula is C16H20ClN3O4S2. The first-order valence-electron chi connectivity index (χ1n) is 8.16. The second kappa shape index (κ2) is 8.16. The fraction of sp³-hybridized carbons (Fsp3) is 0.500. The van der Waals surface area contributed by atoms with E-state index in [-0.39, 0.29) is 28.7 Å².